The Morgan fingerprint density at radius 2 is 2.00 bits per heavy atom. The van der Waals surface area contributed by atoms with Crippen LogP contribution in [-0.2, 0) is 4.74 Å². The van der Waals surface area contributed by atoms with Crippen LogP contribution < -0.4 is 10.6 Å². The summed E-state index contributed by atoms with van der Waals surface area (Å²) in [7, 11) is 1.79. The fourth-order valence-electron chi connectivity index (χ4n) is 2.81. The summed E-state index contributed by atoms with van der Waals surface area (Å²) in [6, 6.07) is 8.16. The Labute approximate surface area is 113 Å². The Kier molecular flexibility index (Phi) is 3.25. The van der Waals surface area contributed by atoms with Crippen LogP contribution in [0.25, 0.3) is 10.9 Å². The molecular weight excluding hydrogens is 238 g/mol. The second-order valence-corrected chi connectivity index (χ2v) is 5.00. The number of hydrogen-bond donors (Lipinski definition) is 1. The van der Waals surface area contributed by atoms with Crippen LogP contribution in [0.15, 0.2) is 30.5 Å². The van der Waals surface area contributed by atoms with Crippen LogP contribution >= 0.6 is 0 Å². The highest BCUT2D eigenvalue weighted by Crippen LogP contribution is 2.33. The molecular formula is C15H19N3O. The predicted octanol–water partition coefficient (Wildman–Crippen LogP) is 2.43. The van der Waals surface area contributed by atoms with Gasteiger partial charge in [-0.2, -0.15) is 0 Å². The molecule has 0 radical (unpaired) electrons. The van der Waals surface area contributed by atoms with E-state index in [0.717, 1.165) is 48.2 Å². The minimum absolute atomic E-state index is 0.380. The topological polar surface area (TPSA) is 51.4 Å². The van der Waals surface area contributed by atoms with Crippen molar-refractivity contribution in [3.63, 3.8) is 0 Å². The lowest BCUT2D eigenvalue weighted by atomic mass is 10.0. The number of methoxy groups -OCH3 is 1. The normalized spacial score (nSPS) is 17.0. The third kappa shape index (κ3) is 2.24. The molecule has 4 nitrogen and oxygen atoms in total. The second-order valence-electron chi connectivity index (χ2n) is 5.00. The number of fused-ring (bicyclic) bond motifs is 1. The zero-order valence-corrected chi connectivity index (χ0v) is 11.2. The van der Waals surface area contributed by atoms with E-state index < -0.39 is 0 Å². The van der Waals surface area contributed by atoms with Gasteiger partial charge < -0.3 is 15.4 Å². The van der Waals surface area contributed by atoms with E-state index in [4.69, 9.17) is 10.5 Å². The fraction of sp³-hybridized carbons (Fsp3) is 0.400. The molecule has 0 atom stereocenters. The average Bonchev–Trinajstić information content (AvgIpc) is 2.47. The number of ether oxygens (including phenoxy) is 1. The fourth-order valence-corrected chi connectivity index (χ4v) is 2.81. The maximum absolute atomic E-state index is 6.15. The number of rotatable bonds is 2. The molecule has 0 spiro atoms. The van der Waals surface area contributed by atoms with E-state index in [1.807, 2.05) is 18.2 Å². The van der Waals surface area contributed by atoms with Gasteiger partial charge in [0, 0.05) is 25.6 Å². The molecule has 2 heterocycles. The molecule has 1 aromatic carbocycles. The van der Waals surface area contributed by atoms with Crippen molar-refractivity contribution >= 4 is 22.3 Å². The summed E-state index contributed by atoms with van der Waals surface area (Å²) in [5, 5.41) is 1.14. The zero-order chi connectivity index (χ0) is 13.2. The number of piperidine rings is 1. The average molecular weight is 257 g/mol. The van der Waals surface area contributed by atoms with Crippen molar-refractivity contribution in [1.29, 1.82) is 0 Å². The minimum Gasteiger partial charge on any atom is -0.396 e. The standard InChI is InChI=1S/C15H19N3O/c1-19-11-6-8-18(9-7-11)15-12-4-2-3-5-14(12)17-10-13(15)16/h2-5,10-11H,6-9,16H2,1H3. The Morgan fingerprint density at radius 1 is 1.26 bits per heavy atom. The van der Waals surface area contributed by atoms with Crippen molar-refractivity contribution in [1.82, 2.24) is 4.98 Å². The number of pyridine rings is 1. The van der Waals surface area contributed by atoms with Crippen molar-refractivity contribution in [2.75, 3.05) is 30.8 Å². The van der Waals surface area contributed by atoms with Gasteiger partial charge in [-0.3, -0.25) is 4.98 Å². The minimum atomic E-state index is 0.380. The quantitative estimate of drug-likeness (QED) is 0.897. The number of nitrogens with zero attached hydrogens (tertiary/aromatic N) is 2. The summed E-state index contributed by atoms with van der Waals surface area (Å²) >= 11 is 0. The van der Waals surface area contributed by atoms with Crippen LogP contribution in [0.3, 0.4) is 0 Å². The molecule has 0 unspecified atom stereocenters. The maximum Gasteiger partial charge on any atom is 0.0745 e. The van der Waals surface area contributed by atoms with Crippen molar-refractivity contribution in [3.05, 3.63) is 30.5 Å². The van der Waals surface area contributed by atoms with Crippen LogP contribution in [-0.4, -0.2) is 31.3 Å². The number of aromatic nitrogens is 1. The van der Waals surface area contributed by atoms with Crippen molar-refractivity contribution < 1.29 is 4.74 Å². The highest BCUT2D eigenvalue weighted by Gasteiger charge is 2.21. The Bertz CT molecular complexity index is 577. The molecule has 3 rings (SSSR count). The van der Waals surface area contributed by atoms with Crippen LogP contribution in [0, 0.1) is 0 Å². The molecule has 0 aliphatic carbocycles. The molecule has 1 saturated heterocycles. The van der Waals surface area contributed by atoms with E-state index in [1.165, 1.54) is 0 Å². The van der Waals surface area contributed by atoms with Crippen LogP contribution in [0.5, 0.6) is 0 Å². The zero-order valence-electron chi connectivity index (χ0n) is 11.2. The molecule has 2 N–H and O–H groups in total. The summed E-state index contributed by atoms with van der Waals surface area (Å²) in [4.78, 5) is 6.75. The number of para-hydroxylation sites is 1. The van der Waals surface area contributed by atoms with Crippen molar-refractivity contribution in [2.24, 2.45) is 0 Å². The first kappa shape index (κ1) is 12.2. The molecule has 1 aromatic heterocycles. The number of hydrogen-bond acceptors (Lipinski definition) is 4. The summed E-state index contributed by atoms with van der Waals surface area (Å²) in [6.45, 7) is 1.97. The molecule has 1 aliphatic heterocycles. The Balaban J connectivity index is 1.98. The van der Waals surface area contributed by atoms with Gasteiger partial charge in [-0.05, 0) is 18.9 Å². The van der Waals surface area contributed by atoms with Crippen LogP contribution in [0.1, 0.15) is 12.8 Å². The van der Waals surface area contributed by atoms with Crippen LogP contribution in [0.4, 0.5) is 11.4 Å². The lowest BCUT2D eigenvalue weighted by Gasteiger charge is -2.34. The van der Waals surface area contributed by atoms with Gasteiger partial charge in [0.1, 0.15) is 0 Å². The summed E-state index contributed by atoms with van der Waals surface area (Å²) in [5.41, 5.74) is 9.03. The number of nitrogen functional groups attached to an aromatic ring is 1. The Morgan fingerprint density at radius 3 is 2.74 bits per heavy atom. The second kappa shape index (κ2) is 5.05. The van der Waals surface area contributed by atoms with Gasteiger partial charge in [0.15, 0.2) is 0 Å². The van der Waals surface area contributed by atoms with Crippen LogP contribution in [0.2, 0.25) is 0 Å². The van der Waals surface area contributed by atoms with E-state index in [0.29, 0.717) is 6.10 Å². The predicted molar refractivity (Wildman–Crippen MR) is 78.4 cm³/mol. The smallest absolute Gasteiger partial charge is 0.0745 e. The molecule has 0 amide bonds. The summed E-state index contributed by atoms with van der Waals surface area (Å²) in [6.07, 6.45) is 4.24. The van der Waals surface area contributed by atoms with E-state index in [2.05, 4.69) is 16.0 Å². The first-order chi connectivity index (χ1) is 9.29. The molecule has 2 aromatic rings. The summed E-state index contributed by atoms with van der Waals surface area (Å²) < 4.78 is 5.42. The molecule has 0 saturated carbocycles. The van der Waals surface area contributed by atoms with Gasteiger partial charge in [-0.1, -0.05) is 18.2 Å². The van der Waals surface area contributed by atoms with Crippen molar-refractivity contribution in [2.45, 2.75) is 18.9 Å². The lowest BCUT2D eigenvalue weighted by molar-refractivity contribution is 0.0820. The monoisotopic (exact) mass is 257 g/mol. The number of nitrogens with two attached hydrogens (primary N) is 1. The molecule has 4 heteroatoms. The van der Waals surface area contributed by atoms with Gasteiger partial charge in [0.2, 0.25) is 0 Å². The highest BCUT2D eigenvalue weighted by atomic mass is 16.5. The van der Waals surface area contributed by atoms with Gasteiger partial charge in [-0.25, -0.2) is 0 Å². The molecule has 0 bridgehead atoms. The van der Waals surface area contributed by atoms with E-state index in [-0.39, 0.29) is 0 Å². The van der Waals surface area contributed by atoms with Gasteiger partial charge in [0.25, 0.3) is 0 Å². The lowest BCUT2D eigenvalue weighted by Crippen LogP contribution is -2.37. The van der Waals surface area contributed by atoms with E-state index >= 15 is 0 Å². The van der Waals surface area contributed by atoms with E-state index in [1.54, 1.807) is 13.3 Å². The van der Waals surface area contributed by atoms with Gasteiger partial charge in [0.05, 0.1) is 29.2 Å². The molecule has 1 fully saturated rings. The maximum atomic E-state index is 6.15. The SMILES string of the molecule is COC1CCN(c2c(N)cnc3ccccc23)CC1. The summed E-state index contributed by atoms with van der Waals surface area (Å²) in [5.74, 6) is 0. The first-order valence-corrected chi connectivity index (χ1v) is 6.70. The van der Waals surface area contributed by atoms with Gasteiger partial charge in [-0.15, -0.1) is 0 Å². The van der Waals surface area contributed by atoms with E-state index in [9.17, 15) is 0 Å². The largest absolute Gasteiger partial charge is 0.396 e. The molecule has 19 heavy (non-hydrogen) atoms. The Hall–Kier alpha value is -1.81. The highest BCUT2D eigenvalue weighted by molar-refractivity contribution is 5.97. The van der Waals surface area contributed by atoms with Gasteiger partial charge >= 0.3 is 0 Å². The first-order valence-electron chi connectivity index (χ1n) is 6.70. The molecule has 100 valence electrons. The third-order valence-corrected chi connectivity index (χ3v) is 3.87. The number of anilines is 2. The third-order valence-electron chi connectivity index (χ3n) is 3.87. The molecule has 1 aliphatic rings. The van der Waals surface area contributed by atoms with Crippen molar-refractivity contribution in [3.8, 4) is 0 Å². The number of benzene rings is 1.